The van der Waals surface area contributed by atoms with Crippen molar-refractivity contribution >= 4 is 23.1 Å². The van der Waals surface area contributed by atoms with E-state index in [1.54, 1.807) is 0 Å². The molecule has 3 rings (SSSR count). The zero-order valence-electron chi connectivity index (χ0n) is 10.9. The monoisotopic (exact) mass is 271 g/mol. The molecule has 0 unspecified atom stereocenters. The Morgan fingerprint density at radius 1 is 1.00 bits per heavy atom. The van der Waals surface area contributed by atoms with E-state index in [9.17, 15) is 0 Å². The van der Waals surface area contributed by atoms with Crippen LogP contribution in [0.15, 0.2) is 54.6 Å². The number of rotatable bonds is 2. The van der Waals surface area contributed by atoms with Crippen LogP contribution in [0, 0.1) is 0 Å². The van der Waals surface area contributed by atoms with Gasteiger partial charge in [-0.25, -0.2) is 4.90 Å². The van der Waals surface area contributed by atoms with Crippen molar-refractivity contribution in [1.29, 1.82) is 0 Å². The Balaban J connectivity index is 2.02. The molecule has 0 N–H and O–H groups in total. The maximum absolute atomic E-state index is 5.97. The third-order valence-electron chi connectivity index (χ3n) is 3.45. The van der Waals surface area contributed by atoms with Crippen molar-refractivity contribution in [3.63, 3.8) is 0 Å². The number of hydrogen-bond donors (Lipinski definition) is 0. The van der Waals surface area contributed by atoms with Gasteiger partial charge < -0.3 is 0 Å². The maximum Gasteiger partial charge on any atom is 0.284 e. The summed E-state index contributed by atoms with van der Waals surface area (Å²) in [4.78, 5) is 2.35. The van der Waals surface area contributed by atoms with E-state index in [1.165, 1.54) is 17.1 Å². The quantitative estimate of drug-likeness (QED) is 0.760. The van der Waals surface area contributed by atoms with Crippen molar-refractivity contribution in [2.45, 2.75) is 0 Å². The predicted octanol–water partition coefficient (Wildman–Crippen LogP) is 3.25. The third-order valence-corrected chi connectivity index (χ3v) is 3.70. The Morgan fingerprint density at radius 2 is 1.68 bits per heavy atom. The van der Waals surface area contributed by atoms with E-state index in [1.807, 2.05) is 18.2 Å². The van der Waals surface area contributed by atoms with E-state index < -0.39 is 0 Å². The molecule has 0 atom stereocenters. The van der Waals surface area contributed by atoms with Crippen LogP contribution in [-0.4, -0.2) is 30.5 Å². The van der Waals surface area contributed by atoms with Crippen molar-refractivity contribution in [2.75, 3.05) is 25.0 Å². The molecular weight excluding hydrogens is 256 g/mol. The summed E-state index contributed by atoms with van der Waals surface area (Å²) >= 11 is 5.97. The second-order valence-corrected chi connectivity index (χ2v) is 5.18. The lowest BCUT2D eigenvalue weighted by Gasteiger charge is -2.13. The highest BCUT2D eigenvalue weighted by Gasteiger charge is 2.31. The van der Waals surface area contributed by atoms with Crippen LogP contribution in [0.2, 0.25) is 5.02 Å². The van der Waals surface area contributed by atoms with E-state index in [-0.39, 0.29) is 0 Å². The van der Waals surface area contributed by atoms with Crippen LogP contribution in [0.25, 0.3) is 0 Å². The average Bonchev–Trinajstić information content (AvgIpc) is 2.83. The highest BCUT2D eigenvalue weighted by atomic mass is 35.5. The van der Waals surface area contributed by atoms with Gasteiger partial charge in [-0.1, -0.05) is 29.8 Å². The van der Waals surface area contributed by atoms with Crippen molar-refractivity contribution in [3.8, 4) is 0 Å². The van der Waals surface area contributed by atoms with Gasteiger partial charge >= 0.3 is 0 Å². The Hall–Kier alpha value is -1.80. The predicted molar refractivity (Wildman–Crippen MR) is 80.4 cm³/mol. The fourth-order valence-corrected chi connectivity index (χ4v) is 2.63. The van der Waals surface area contributed by atoms with Gasteiger partial charge in [-0.2, -0.15) is 0 Å². The molecule has 0 aromatic heterocycles. The molecule has 2 aromatic rings. The summed E-state index contributed by atoms with van der Waals surface area (Å²) in [5, 5.41) is 0.774. The summed E-state index contributed by atoms with van der Waals surface area (Å²) < 4.78 is 2.29. The van der Waals surface area contributed by atoms with Gasteiger partial charge in [0, 0.05) is 5.02 Å². The zero-order chi connectivity index (χ0) is 13.2. The number of benzene rings is 2. The van der Waals surface area contributed by atoms with Crippen LogP contribution in [0.3, 0.4) is 0 Å². The molecule has 0 amide bonds. The van der Waals surface area contributed by atoms with Crippen molar-refractivity contribution in [2.24, 2.45) is 0 Å². The minimum absolute atomic E-state index is 0.774. The Morgan fingerprint density at radius 3 is 2.37 bits per heavy atom. The molecule has 0 aliphatic carbocycles. The first kappa shape index (κ1) is 12.2. The summed E-state index contributed by atoms with van der Waals surface area (Å²) in [5.74, 6) is 1.24. The number of likely N-dealkylation sites (N-methyl/N-ethyl adjacent to an activating group) is 1. The molecule has 1 aliphatic heterocycles. The van der Waals surface area contributed by atoms with Crippen LogP contribution < -0.4 is 4.90 Å². The van der Waals surface area contributed by atoms with E-state index in [2.05, 4.69) is 52.9 Å². The lowest BCUT2D eigenvalue weighted by atomic mass is 10.2. The number of amidine groups is 1. The SMILES string of the molecule is C[N+]1=C(c2ccc(Cl)cc2)N(c2ccccc2)CC1. The largest absolute Gasteiger partial charge is 0.284 e. The minimum Gasteiger partial charge on any atom is -0.260 e. The van der Waals surface area contributed by atoms with Gasteiger partial charge in [-0.3, -0.25) is 4.58 Å². The minimum atomic E-state index is 0.774. The van der Waals surface area contributed by atoms with E-state index in [0.717, 1.165) is 18.1 Å². The lowest BCUT2D eigenvalue weighted by Crippen LogP contribution is -2.29. The van der Waals surface area contributed by atoms with Crippen LogP contribution in [-0.2, 0) is 0 Å². The van der Waals surface area contributed by atoms with Crippen LogP contribution >= 0.6 is 11.6 Å². The zero-order valence-corrected chi connectivity index (χ0v) is 11.6. The molecular formula is C16H16ClN2+. The molecule has 2 aromatic carbocycles. The topological polar surface area (TPSA) is 6.25 Å². The van der Waals surface area contributed by atoms with Crippen LogP contribution in [0.1, 0.15) is 5.56 Å². The van der Waals surface area contributed by atoms with Crippen molar-refractivity contribution < 1.29 is 4.58 Å². The maximum atomic E-state index is 5.97. The standard InChI is InChI=1S/C16H16ClN2/c1-18-11-12-19(15-5-3-2-4-6-15)16(18)13-7-9-14(17)10-8-13/h2-10H,11-12H2,1H3/q+1. The first-order chi connectivity index (χ1) is 9.25. The molecule has 3 heteroatoms. The van der Waals surface area contributed by atoms with Crippen molar-refractivity contribution in [3.05, 3.63) is 65.2 Å². The third kappa shape index (κ3) is 2.36. The van der Waals surface area contributed by atoms with Gasteiger partial charge in [0.15, 0.2) is 0 Å². The summed E-state index contributed by atoms with van der Waals surface area (Å²) in [6.45, 7) is 2.05. The normalized spacial score (nSPS) is 15.2. The molecule has 2 nitrogen and oxygen atoms in total. The molecule has 19 heavy (non-hydrogen) atoms. The fourth-order valence-electron chi connectivity index (χ4n) is 2.50. The van der Waals surface area contributed by atoms with E-state index in [0.29, 0.717) is 0 Å². The lowest BCUT2D eigenvalue weighted by molar-refractivity contribution is -0.485. The van der Waals surface area contributed by atoms with Gasteiger partial charge in [-0.05, 0) is 36.4 Å². The van der Waals surface area contributed by atoms with E-state index in [4.69, 9.17) is 11.6 Å². The first-order valence-electron chi connectivity index (χ1n) is 6.42. The highest BCUT2D eigenvalue weighted by Crippen LogP contribution is 2.21. The number of nitrogens with zero attached hydrogens (tertiary/aromatic N) is 2. The number of hydrogen-bond acceptors (Lipinski definition) is 1. The van der Waals surface area contributed by atoms with Crippen LogP contribution in [0.5, 0.6) is 0 Å². The second kappa shape index (κ2) is 5.06. The van der Waals surface area contributed by atoms with Gasteiger partial charge in [0.1, 0.15) is 18.8 Å². The number of anilines is 1. The molecule has 0 saturated heterocycles. The first-order valence-corrected chi connectivity index (χ1v) is 6.80. The van der Waals surface area contributed by atoms with Crippen molar-refractivity contribution in [1.82, 2.24) is 0 Å². The second-order valence-electron chi connectivity index (χ2n) is 4.74. The van der Waals surface area contributed by atoms with Gasteiger partial charge in [0.05, 0.1) is 12.6 Å². The highest BCUT2D eigenvalue weighted by molar-refractivity contribution is 6.30. The molecule has 0 spiro atoms. The average molecular weight is 272 g/mol. The number of halogens is 1. The molecule has 1 heterocycles. The summed E-state index contributed by atoms with van der Waals surface area (Å²) in [5.41, 5.74) is 2.44. The Labute approximate surface area is 118 Å². The summed E-state index contributed by atoms with van der Waals surface area (Å²) in [7, 11) is 2.13. The molecule has 0 saturated carbocycles. The van der Waals surface area contributed by atoms with E-state index >= 15 is 0 Å². The molecule has 0 fully saturated rings. The van der Waals surface area contributed by atoms with Gasteiger partial charge in [0.25, 0.3) is 5.84 Å². The smallest absolute Gasteiger partial charge is 0.260 e. The Bertz CT molecular complexity index is 602. The Kier molecular flexibility index (Phi) is 3.26. The molecule has 96 valence electrons. The summed E-state index contributed by atoms with van der Waals surface area (Å²) in [6.07, 6.45) is 0. The molecule has 0 radical (unpaired) electrons. The molecule has 0 bridgehead atoms. The van der Waals surface area contributed by atoms with Gasteiger partial charge in [0.2, 0.25) is 0 Å². The summed E-state index contributed by atoms with van der Waals surface area (Å²) in [6, 6.07) is 18.5. The fraction of sp³-hybridized carbons (Fsp3) is 0.188. The number of para-hydroxylation sites is 1. The van der Waals surface area contributed by atoms with Crippen LogP contribution in [0.4, 0.5) is 5.69 Å². The van der Waals surface area contributed by atoms with Gasteiger partial charge in [-0.15, -0.1) is 0 Å². The molecule has 1 aliphatic rings.